The molecule has 3 nitrogen and oxygen atoms in total. The quantitative estimate of drug-likeness (QED) is 0.667. The van der Waals surface area contributed by atoms with Gasteiger partial charge in [0, 0.05) is 12.1 Å². The Labute approximate surface area is 115 Å². The minimum Gasteiger partial charge on any atom is -0.507 e. The molecule has 1 N–H and O–H groups in total. The van der Waals surface area contributed by atoms with Gasteiger partial charge in [0.1, 0.15) is 10.1 Å². The number of phenolic OH excluding ortho intramolecular Hbond substituents is 1. The molecule has 5 heteroatoms. The van der Waals surface area contributed by atoms with Crippen LogP contribution in [0.5, 0.6) is 5.75 Å². The molecular formula is C13H13NO2S2. The number of aromatic hydroxyl groups is 1. The Bertz CT molecular complexity index is 552. The average molecular weight is 279 g/mol. The van der Waals surface area contributed by atoms with Gasteiger partial charge in [0.25, 0.3) is 5.91 Å². The first-order valence-corrected chi connectivity index (χ1v) is 6.80. The molecule has 1 heterocycles. The fraction of sp³-hybridized carbons (Fsp3) is 0.231. The topological polar surface area (TPSA) is 40.5 Å². The first-order valence-electron chi connectivity index (χ1n) is 5.58. The van der Waals surface area contributed by atoms with E-state index in [1.807, 2.05) is 26.0 Å². The Morgan fingerprint density at radius 2 is 2.22 bits per heavy atom. The molecule has 0 bridgehead atoms. The molecule has 2 rings (SSSR count). The lowest BCUT2D eigenvalue weighted by Crippen LogP contribution is -2.27. The summed E-state index contributed by atoms with van der Waals surface area (Å²) in [6.07, 6.45) is 1.69. The monoisotopic (exact) mass is 279 g/mol. The first-order chi connectivity index (χ1) is 8.52. The van der Waals surface area contributed by atoms with Crippen molar-refractivity contribution < 1.29 is 9.90 Å². The highest BCUT2D eigenvalue weighted by atomic mass is 32.2. The van der Waals surface area contributed by atoms with Gasteiger partial charge in [-0.15, -0.1) is 0 Å². The fourth-order valence-electron chi connectivity index (χ4n) is 1.70. The van der Waals surface area contributed by atoms with E-state index in [0.29, 0.717) is 21.3 Å². The average Bonchev–Trinajstić information content (AvgIpc) is 2.59. The number of nitrogens with zero attached hydrogens (tertiary/aromatic N) is 1. The summed E-state index contributed by atoms with van der Waals surface area (Å²) in [6.45, 7) is 4.40. The molecule has 0 atom stereocenters. The summed E-state index contributed by atoms with van der Waals surface area (Å²) in [5, 5.41) is 9.76. The number of thioether (sulfide) groups is 1. The normalized spacial score (nSPS) is 17.9. The summed E-state index contributed by atoms with van der Waals surface area (Å²) in [4.78, 5) is 14.1. The molecule has 1 saturated heterocycles. The lowest BCUT2D eigenvalue weighted by atomic mass is 10.1. The molecule has 0 saturated carbocycles. The van der Waals surface area contributed by atoms with E-state index in [1.54, 1.807) is 17.0 Å². The summed E-state index contributed by atoms with van der Waals surface area (Å²) in [5.74, 6) is 0.0794. The molecule has 0 radical (unpaired) electrons. The maximum atomic E-state index is 12.0. The molecular weight excluding hydrogens is 266 g/mol. The number of rotatable bonds is 2. The van der Waals surface area contributed by atoms with E-state index in [9.17, 15) is 9.90 Å². The minimum atomic E-state index is -0.0894. The second kappa shape index (κ2) is 5.12. The van der Waals surface area contributed by atoms with Crippen LogP contribution in [0.1, 0.15) is 18.1 Å². The van der Waals surface area contributed by atoms with E-state index in [0.717, 1.165) is 5.56 Å². The Kier molecular flexibility index (Phi) is 3.73. The smallest absolute Gasteiger partial charge is 0.266 e. The summed E-state index contributed by atoms with van der Waals surface area (Å²) in [6, 6.07) is 5.29. The molecule has 18 heavy (non-hydrogen) atoms. The maximum Gasteiger partial charge on any atom is 0.266 e. The van der Waals surface area contributed by atoms with E-state index >= 15 is 0 Å². The van der Waals surface area contributed by atoms with Crippen molar-refractivity contribution in [3.63, 3.8) is 0 Å². The lowest BCUT2D eigenvalue weighted by molar-refractivity contribution is -0.121. The van der Waals surface area contributed by atoms with Crippen LogP contribution in [0, 0.1) is 6.92 Å². The minimum absolute atomic E-state index is 0.0894. The number of likely N-dealkylation sites (N-methyl/N-ethyl adjacent to an activating group) is 1. The van der Waals surface area contributed by atoms with Crippen LogP contribution in [0.4, 0.5) is 0 Å². The number of phenols is 1. The molecule has 0 unspecified atom stereocenters. The summed E-state index contributed by atoms with van der Waals surface area (Å²) in [7, 11) is 0. The van der Waals surface area contributed by atoms with Gasteiger partial charge in [0.15, 0.2) is 0 Å². The number of hydrogen-bond acceptors (Lipinski definition) is 4. The van der Waals surface area contributed by atoms with Crippen molar-refractivity contribution in [2.75, 3.05) is 6.54 Å². The van der Waals surface area contributed by atoms with Crippen LogP contribution < -0.4 is 0 Å². The first kappa shape index (κ1) is 13.1. The highest BCUT2D eigenvalue weighted by Gasteiger charge is 2.30. The second-order valence-electron chi connectivity index (χ2n) is 3.99. The van der Waals surface area contributed by atoms with Gasteiger partial charge < -0.3 is 5.11 Å². The number of benzene rings is 1. The number of thiocarbonyl (C=S) groups is 1. The molecule has 1 amide bonds. The van der Waals surface area contributed by atoms with Crippen molar-refractivity contribution in [3.05, 3.63) is 34.2 Å². The van der Waals surface area contributed by atoms with E-state index in [1.165, 1.54) is 11.8 Å². The molecule has 94 valence electrons. The number of amides is 1. The maximum absolute atomic E-state index is 12.0. The van der Waals surface area contributed by atoms with Gasteiger partial charge in [0.05, 0.1) is 4.91 Å². The largest absolute Gasteiger partial charge is 0.507 e. The molecule has 1 aromatic rings. The Morgan fingerprint density at radius 3 is 2.83 bits per heavy atom. The van der Waals surface area contributed by atoms with Gasteiger partial charge in [0.2, 0.25) is 0 Å². The van der Waals surface area contributed by atoms with E-state index in [4.69, 9.17) is 12.2 Å². The highest BCUT2D eigenvalue weighted by molar-refractivity contribution is 8.26. The lowest BCUT2D eigenvalue weighted by Gasteiger charge is -2.09. The highest BCUT2D eigenvalue weighted by Crippen LogP contribution is 2.33. The zero-order valence-electron chi connectivity index (χ0n) is 10.1. The summed E-state index contributed by atoms with van der Waals surface area (Å²) >= 11 is 6.41. The van der Waals surface area contributed by atoms with Crippen molar-refractivity contribution in [1.82, 2.24) is 4.90 Å². The van der Waals surface area contributed by atoms with Gasteiger partial charge in [-0.1, -0.05) is 35.6 Å². The molecule has 1 aromatic carbocycles. The number of hydrogen-bond donors (Lipinski definition) is 1. The zero-order chi connectivity index (χ0) is 13.3. The second-order valence-corrected chi connectivity index (χ2v) is 5.66. The molecule has 0 spiro atoms. The van der Waals surface area contributed by atoms with Crippen LogP contribution in [-0.2, 0) is 4.79 Å². The van der Waals surface area contributed by atoms with Crippen LogP contribution in [0.3, 0.4) is 0 Å². The van der Waals surface area contributed by atoms with Gasteiger partial charge >= 0.3 is 0 Å². The van der Waals surface area contributed by atoms with Gasteiger partial charge in [-0.2, -0.15) is 0 Å². The van der Waals surface area contributed by atoms with E-state index < -0.39 is 0 Å². The zero-order valence-corrected chi connectivity index (χ0v) is 11.8. The summed E-state index contributed by atoms with van der Waals surface area (Å²) in [5.41, 5.74) is 1.68. The number of aryl methyl sites for hydroxylation is 1. The van der Waals surface area contributed by atoms with Crippen molar-refractivity contribution in [2.45, 2.75) is 13.8 Å². The van der Waals surface area contributed by atoms with Crippen LogP contribution in [0.2, 0.25) is 0 Å². The molecule has 1 aliphatic heterocycles. The Morgan fingerprint density at radius 1 is 1.50 bits per heavy atom. The summed E-state index contributed by atoms with van der Waals surface area (Å²) < 4.78 is 0.570. The molecule has 1 fully saturated rings. The van der Waals surface area contributed by atoms with Crippen LogP contribution >= 0.6 is 24.0 Å². The third kappa shape index (κ3) is 2.42. The van der Waals surface area contributed by atoms with Gasteiger partial charge in [-0.3, -0.25) is 9.69 Å². The molecule has 0 aliphatic carbocycles. The van der Waals surface area contributed by atoms with Crippen LogP contribution in [0.25, 0.3) is 6.08 Å². The van der Waals surface area contributed by atoms with Crippen molar-refractivity contribution in [3.8, 4) is 5.75 Å². The predicted molar refractivity (Wildman–Crippen MR) is 78.4 cm³/mol. The molecule has 0 aromatic heterocycles. The van der Waals surface area contributed by atoms with E-state index in [2.05, 4.69) is 0 Å². The van der Waals surface area contributed by atoms with Crippen LogP contribution in [0.15, 0.2) is 23.1 Å². The third-order valence-corrected chi connectivity index (χ3v) is 4.04. The third-order valence-electron chi connectivity index (χ3n) is 2.66. The fourth-order valence-corrected chi connectivity index (χ4v) is 3.08. The standard InChI is InChI=1S/C13H13NO2S2/c1-3-14-12(16)11(18-13(14)17)7-9-6-8(2)4-5-10(9)15/h4-7,15H,3H2,1-2H3/b11-7-. The van der Waals surface area contributed by atoms with Crippen molar-refractivity contribution in [1.29, 1.82) is 0 Å². The van der Waals surface area contributed by atoms with Gasteiger partial charge in [-0.05, 0) is 32.1 Å². The SMILES string of the molecule is CCN1C(=O)/C(=C/c2cc(C)ccc2O)SC1=S. The van der Waals surface area contributed by atoms with Gasteiger partial charge in [-0.25, -0.2) is 0 Å². The predicted octanol–water partition coefficient (Wildman–Crippen LogP) is 2.92. The molecule has 1 aliphatic rings. The van der Waals surface area contributed by atoms with Crippen molar-refractivity contribution >= 4 is 40.3 Å². The van der Waals surface area contributed by atoms with Crippen molar-refractivity contribution in [2.24, 2.45) is 0 Å². The number of carbonyl (C=O) groups excluding carboxylic acids is 1. The van der Waals surface area contributed by atoms with Crippen LogP contribution in [-0.4, -0.2) is 26.8 Å². The number of carbonyl (C=O) groups is 1. The van der Waals surface area contributed by atoms with E-state index in [-0.39, 0.29) is 11.7 Å². The Hall–Kier alpha value is -1.33. The Balaban J connectivity index is 2.38.